The van der Waals surface area contributed by atoms with Gasteiger partial charge in [-0.1, -0.05) is 5.21 Å². The van der Waals surface area contributed by atoms with Gasteiger partial charge in [-0.25, -0.2) is 9.07 Å². The summed E-state index contributed by atoms with van der Waals surface area (Å²) >= 11 is 3.38. The van der Waals surface area contributed by atoms with Crippen molar-refractivity contribution in [2.24, 2.45) is 7.05 Å². The monoisotopic (exact) mass is 327 g/mol. The molecule has 0 saturated heterocycles. The van der Waals surface area contributed by atoms with Gasteiger partial charge in [0.1, 0.15) is 5.82 Å². The molecule has 1 N–H and O–H groups in total. The van der Waals surface area contributed by atoms with Crippen molar-refractivity contribution in [3.63, 3.8) is 0 Å². The number of nitrogens with one attached hydrogen (secondary N) is 1. The van der Waals surface area contributed by atoms with E-state index in [1.165, 1.54) is 12.3 Å². The van der Waals surface area contributed by atoms with E-state index in [1.54, 1.807) is 10.7 Å². The summed E-state index contributed by atoms with van der Waals surface area (Å²) in [6.07, 6.45) is 1.21. The van der Waals surface area contributed by atoms with Gasteiger partial charge < -0.3 is 5.32 Å². The Balaban J connectivity index is 2.44. The molecular weight excluding hydrogens is 313 g/mol. The Kier molecular flexibility index (Phi) is 4.26. The maximum absolute atomic E-state index is 13.0. The van der Waals surface area contributed by atoms with Crippen LogP contribution in [-0.4, -0.2) is 26.0 Å². The van der Waals surface area contributed by atoms with E-state index in [9.17, 15) is 4.39 Å². The molecule has 0 radical (unpaired) electrons. The third kappa shape index (κ3) is 3.16. The van der Waals surface area contributed by atoms with Crippen LogP contribution in [-0.2, 0) is 7.05 Å². The summed E-state index contributed by atoms with van der Waals surface area (Å²) in [5.74, 6) is -0.353. The van der Waals surface area contributed by atoms with Gasteiger partial charge in [-0.05, 0) is 41.9 Å². The lowest BCUT2D eigenvalue weighted by Crippen LogP contribution is -2.31. The number of halogens is 2. The highest BCUT2D eigenvalue weighted by Gasteiger charge is 2.23. The lowest BCUT2D eigenvalue weighted by molar-refractivity contribution is 0.489. The maximum atomic E-state index is 13.0. The standard InChI is InChI=1S/C12H15BrFN5/c1-7(2)16-10(9-5-4-8(14)6-15-9)11-12(13)17-18-19(11)3/h4-7,10,16H,1-3H3. The third-order valence-corrected chi connectivity index (χ3v) is 3.21. The van der Waals surface area contributed by atoms with Gasteiger partial charge in [0, 0.05) is 13.1 Å². The van der Waals surface area contributed by atoms with Crippen molar-refractivity contribution >= 4 is 15.9 Å². The predicted molar refractivity (Wildman–Crippen MR) is 73.0 cm³/mol. The van der Waals surface area contributed by atoms with Crippen LogP contribution in [0.4, 0.5) is 4.39 Å². The lowest BCUT2D eigenvalue weighted by Gasteiger charge is -2.21. The van der Waals surface area contributed by atoms with Crippen LogP contribution in [0.2, 0.25) is 0 Å². The van der Waals surface area contributed by atoms with E-state index in [-0.39, 0.29) is 17.9 Å². The molecule has 102 valence electrons. The van der Waals surface area contributed by atoms with Gasteiger partial charge in [-0.15, -0.1) is 5.10 Å². The zero-order chi connectivity index (χ0) is 14.0. The van der Waals surface area contributed by atoms with Gasteiger partial charge in [0.05, 0.1) is 23.6 Å². The summed E-state index contributed by atoms with van der Waals surface area (Å²) in [6, 6.07) is 3.10. The molecule has 0 aliphatic carbocycles. The second-order valence-electron chi connectivity index (χ2n) is 4.54. The van der Waals surface area contributed by atoms with E-state index >= 15 is 0 Å². The molecule has 1 atom stereocenters. The van der Waals surface area contributed by atoms with Crippen LogP contribution in [0.3, 0.4) is 0 Å². The summed E-state index contributed by atoms with van der Waals surface area (Å²) in [6.45, 7) is 4.07. The van der Waals surface area contributed by atoms with Crippen LogP contribution in [0.25, 0.3) is 0 Å². The van der Waals surface area contributed by atoms with Crippen LogP contribution in [0.15, 0.2) is 22.9 Å². The molecule has 0 amide bonds. The molecule has 19 heavy (non-hydrogen) atoms. The maximum Gasteiger partial charge on any atom is 0.153 e. The van der Waals surface area contributed by atoms with E-state index in [0.717, 1.165) is 11.4 Å². The number of aryl methyl sites for hydroxylation is 1. The first-order valence-corrected chi connectivity index (χ1v) is 6.71. The minimum absolute atomic E-state index is 0.199. The third-order valence-electron chi connectivity index (χ3n) is 2.65. The lowest BCUT2D eigenvalue weighted by atomic mass is 10.1. The smallest absolute Gasteiger partial charge is 0.153 e. The Morgan fingerprint density at radius 2 is 2.11 bits per heavy atom. The largest absolute Gasteiger partial charge is 0.301 e. The van der Waals surface area contributed by atoms with Crippen molar-refractivity contribution in [1.29, 1.82) is 0 Å². The van der Waals surface area contributed by atoms with E-state index < -0.39 is 0 Å². The van der Waals surface area contributed by atoms with E-state index in [2.05, 4.69) is 36.5 Å². The van der Waals surface area contributed by atoms with E-state index in [4.69, 9.17) is 0 Å². The van der Waals surface area contributed by atoms with Crippen LogP contribution in [0, 0.1) is 5.82 Å². The first-order chi connectivity index (χ1) is 8.99. The Bertz CT molecular complexity index is 532. The highest BCUT2D eigenvalue weighted by molar-refractivity contribution is 9.10. The Hall–Kier alpha value is -1.34. The first kappa shape index (κ1) is 14.1. The fourth-order valence-electron chi connectivity index (χ4n) is 1.84. The van der Waals surface area contributed by atoms with Crippen LogP contribution < -0.4 is 5.32 Å². The summed E-state index contributed by atoms with van der Waals surface area (Å²) in [7, 11) is 1.81. The molecule has 0 aromatic carbocycles. The van der Waals surface area contributed by atoms with Crippen molar-refractivity contribution in [2.45, 2.75) is 25.9 Å². The zero-order valence-electron chi connectivity index (χ0n) is 10.9. The average Bonchev–Trinajstić information content (AvgIpc) is 2.67. The van der Waals surface area contributed by atoms with Crippen LogP contribution in [0.5, 0.6) is 0 Å². The molecule has 2 aromatic heterocycles. The topological polar surface area (TPSA) is 55.6 Å². The molecule has 2 rings (SSSR count). The molecule has 0 aliphatic heterocycles. The van der Waals surface area contributed by atoms with Crippen molar-refractivity contribution in [3.8, 4) is 0 Å². The summed E-state index contributed by atoms with van der Waals surface area (Å²) in [4.78, 5) is 4.14. The number of aromatic nitrogens is 4. The second kappa shape index (κ2) is 5.75. The SMILES string of the molecule is CC(C)NC(c1ccc(F)cn1)c1c(Br)nnn1C. The van der Waals surface area contributed by atoms with Crippen molar-refractivity contribution in [3.05, 3.63) is 40.1 Å². The van der Waals surface area contributed by atoms with Crippen molar-refractivity contribution < 1.29 is 4.39 Å². The van der Waals surface area contributed by atoms with Crippen LogP contribution >= 0.6 is 15.9 Å². The van der Waals surface area contributed by atoms with Gasteiger partial charge >= 0.3 is 0 Å². The Labute approximate surface area is 119 Å². The molecular formula is C12H15BrFN5. The van der Waals surface area contributed by atoms with E-state index in [0.29, 0.717) is 4.60 Å². The highest BCUT2D eigenvalue weighted by Crippen LogP contribution is 2.26. The first-order valence-electron chi connectivity index (χ1n) is 5.91. The van der Waals surface area contributed by atoms with Gasteiger partial charge in [0.2, 0.25) is 0 Å². The fraction of sp³-hybridized carbons (Fsp3) is 0.417. The van der Waals surface area contributed by atoms with Gasteiger partial charge in [0.15, 0.2) is 4.60 Å². The van der Waals surface area contributed by atoms with E-state index in [1.807, 2.05) is 20.9 Å². The molecule has 2 heterocycles. The molecule has 0 saturated carbocycles. The molecule has 0 aliphatic rings. The van der Waals surface area contributed by atoms with Gasteiger partial charge in [0.25, 0.3) is 0 Å². The van der Waals surface area contributed by atoms with Crippen molar-refractivity contribution in [2.75, 3.05) is 0 Å². The Morgan fingerprint density at radius 3 is 2.58 bits per heavy atom. The molecule has 5 nitrogen and oxygen atoms in total. The molecule has 0 bridgehead atoms. The number of nitrogens with zero attached hydrogens (tertiary/aromatic N) is 4. The molecule has 2 aromatic rings. The minimum atomic E-state index is -0.353. The quantitative estimate of drug-likeness (QED) is 0.935. The Morgan fingerprint density at radius 1 is 1.37 bits per heavy atom. The number of hydrogen-bond donors (Lipinski definition) is 1. The second-order valence-corrected chi connectivity index (χ2v) is 5.30. The molecule has 0 fully saturated rings. The highest BCUT2D eigenvalue weighted by atomic mass is 79.9. The van der Waals surface area contributed by atoms with Crippen molar-refractivity contribution in [1.82, 2.24) is 25.3 Å². The zero-order valence-corrected chi connectivity index (χ0v) is 12.5. The normalized spacial score (nSPS) is 12.9. The van der Waals surface area contributed by atoms with Gasteiger partial charge in [-0.3, -0.25) is 4.98 Å². The average molecular weight is 328 g/mol. The number of hydrogen-bond acceptors (Lipinski definition) is 4. The number of pyridine rings is 1. The summed E-state index contributed by atoms with van der Waals surface area (Å²) < 4.78 is 15.3. The predicted octanol–water partition coefficient (Wildman–Crippen LogP) is 2.20. The van der Waals surface area contributed by atoms with Gasteiger partial charge in [-0.2, -0.15) is 0 Å². The van der Waals surface area contributed by atoms with Crippen LogP contribution in [0.1, 0.15) is 31.3 Å². The molecule has 1 unspecified atom stereocenters. The minimum Gasteiger partial charge on any atom is -0.301 e. The summed E-state index contributed by atoms with van der Waals surface area (Å²) in [5, 5.41) is 11.3. The molecule has 0 spiro atoms. The fourth-order valence-corrected chi connectivity index (χ4v) is 2.40. The number of rotatable bonds is 4. The molecule has 7 heteroatoms. The summed E-state index contributed by atoms with van der Waals surface area (Å²) in [5.41, 5.74) is 1.58.